The molecule has 0 aliphatic carbocycles. The summed E-state index contributed by atoms with van der Waals surface area (Å²) in [5.74, 6) is -0.617. The molecule has 6 nitrogen and oxygen atoms in total. The lowest BCUT2D eigenvalue weighted by Crippen LogP contribution is -2.44. The number of anilines is 1. The molecule has 0 amide bonds. The molecule has 0 spiro atoms. The highest BCUT2D eigenvalue weighted by atomic mass is 32.1. The molecule has 2 atom stereocenters. The third kappa shape index (κ3) is 2.60. The molecule has 2 aromatic heterocycles. The van der Waals surface area contributed by atoms with Gasteiger partial charge in [0, 0.05) is 41.4 Å². The van der Waals surface area contributed by atoms with Gasteiger partial charge >= 0.3 is 0 Å². The maximum Gasteiger partial charge on any atom is 0.256 e. The van der Waals surface area contributed by atoms with Gasteiger partial charge in [-0.15, -0.1) is 0 Å². The minimum Gasteiger partial charge on any atom is -0.396 e. The van der Waals surface area contributed by atoms with Gasteiger partial charge in [0.25, 0.3) is 5.56 Å². The van der Waals surface area contributed by atoms with E-state index in [0.717, 1.165) is 26.1 Å². The average molecular weight is 399 g/mol. The van der Waals surface area contributed by atoms with Gasteiger partial charge in [0.1, 0.15) is 5.82 Å². The Morgan fingerprint density at radius 3 is 2.96 bits per heavy atom. The van der Waals surface area contributed by atoms with Gasteiger partial charge in [-0.1, -0.05) is 11.3 Å². The lowest BCUT2D eigenvalue weighted by atomic mass is 9.96. The van der Waals surface area contributed by atoms with Crippen LogP contribution in [0.15, 0.2) is 35.3 Å². The summed E-state index contributed by atoms with van der Waals surface area (Å²) in [6, 6.07) is 6.24. The van der Waals surface area contributed by atoms with Gasteiger partial charge in [-0.3, -0.25) is 4.79 Å². The van der Waals surface area contributed by atoms with Crippen molar-refractivity contribution in [3.63, 3.8) is 0 Å². The summed E-state index contributed by atoms with van der Waals surface area (Å²) in [4.78, 5) is 22.1. The maximum atomic E-state index is 13.9. The van der Waals surface area contributed by atoms with Gasteiger partial charge in [-0.2, -0.15) is 0 Å². The first kappa shape index (κ1) is 17.5. The normalized spacial score (nSPS) is 20.5. The molecule has 0 unspecified atom stereocenters. The van der Waals surface area contributed by atoms with Gasteiger partial charge in [-0.25, -0.2) is 9.37 Å². The Hall–Kier alpha value is -2.55. The summed E-state index contributed by atoms with van der Waals surface area (Å²) < 4.78 is 14.8. The molecule has 2 aromatic carbocycles. The molecule has 0 radical (unpaired) electrons. The quantitative estimate of drug-likeness (QED) is 0.451. The summed E-state index contributed by atoms with van der Waals surface area (Å²) in [6.45, 7) is 1.08. The van der Waals surface area contributed by atoms with Crippen LogP contribution < -0.4 is 10.5 Å². The summed E-state index contributed by atoms with van der Waals surface area (Å²) in [5.41, 5.74) is 0.478. The number of thiazole rings is 1. The predicted molar refractivity (Wildman–Crippen MR) is 109 cm³/mol. The molecular weight excluding hydrogens is 381 g/mol. The zero-order chi connectivity index (χ0) is 19.4. The highest BCUT2D eigenvalue weighted by Crippen LogP contribution is 2.40. The van der Waals surface area contributed by atoms with Crippen LogP contribution in [-0.2, 0) is 0 Å². The van der Waals surface area contributed by atoms with Crippen molar-refractivity contribution in [2.24, 2.45) is 5.92 Å². The summed E-state index contributed by atoms with van der Waals surface area (Å²) in [6.07, 6.45) is 1.64. The fourth-order valence-corrected chi connectivity index (χ4v) is 5.19. The second-order valence-corrected chi connectivity index (χ2v) is 8.18. The minimum atomic E-state index is -0.515. The molecule has 1 saturated heterocycles. The fraction of sp³-hybridized carbons (Fsp3) is 0.300. The van der Waals surface area contributed by atoms with Gasteiger partial charge < -0.3 is 20.1 Å². The van der Waals surface area contributed by atoms with Gasteiger partial charge in [0.05, 0.1) is 28.3 Å². The van der Waals surface area contributed by atoms with E-state index in [1.807, 2.05) is 6.07 Å². The Morgan fingerprint density at radius 2 is 2.14 bits per heavy atom. The number of rotatable bonds is 2. The highest BCUT2D eigenvalue weighted by Gasteiger charge is 2.29. The average Bonchev–Trinajstić information content (AvgIpc) is 3.14. The van der Waals surface area contributed by atoms with Crippen molar-refractivity contribution >= 4 is 48.2 Å². The van der Waals surface area contributed by atoms with Crippen LogP contribution in [0, 0.1) is 11.7 Å². The van der Waals surface area contributed by atoms with Crippen LogP contribution in [0.1, 0.15) is 6.42 Å². The monoisotopic (exact) mass is 399 g/mol. The molecule has 1 aliphatic rings. The molecular formula is C20H18FN3O3S. The summed E-state index contributed by atoms with van der Waals surface area (Å²) in [5, 5.41) is 22.8. The third-order valence-electron chi connectivity index (χ3n) is 5.53. The molecule has 1 aliphatic heterocycles. The van der Waals surface area contributed by atoms with Crippen molar-refractivity contribution in [1.82, 2.24) is 9.97 Å². The number of aromatic nitrogens is 2. The number of aliphatic hydroxyl groups is 2. The topological polar surface area (TPSA) is 89.5 Å². The van der Waals surface area contributed by atoms with Gasteiger partial charge in [0.2, 0.25) is 0 Å². The van der Waals surface area contributed by atoms with Crippen LogP contribution in [0.3, 0.4) is 0 Å². The van der Waals surface area contributed by atoms with Crippen molar-refractivity contribution in [3.05, 3.63) is 46.6 Å². The Morgan fingerprint density at radius 1 is 1.29 bits per heavy atom. The van der Waals surface area contributed by atoms with E-state index >= 15 is 0 Å². The molecule has 3 N–H and O–H groups in total. The van der Waals surface area contributed by atoms with E-state index in [2.05, 4.69) is 9.88 Å². The first-order valence-electron chi connectivity index (χ1n) is 9.14. The largest absolute Gasteiger partial charge is 0.396 e. The molecule has 4 aromatic rings. The lowest BCUT2D eigenvalue weighted by molar-refractivity contribution is 0.0525. The first-order chi connectivity index (χ1) is 13.6. The van der Waals surface area contributed by atoms with Crippen molar-refractivity contribution in [3.8, 4) is 0 Å². The number of piperidine rings is 1. The molecule has 28 heavy (non-hydrogen) atoms. The van der Waals surface area contributed by atoms with Crippen LogP contribution in [0.5, 0.6) is 0 Å². The molecule has 3 heterocycles. The van der Waals surface area contributed by atoms with E-state index in [4.69, 9.17) is 4.98 Å². The van der Waals surface area contributed by atoms with Crippen molar-refractivity contribution in [1.29, 1.82) is 0 Å². The van der Waals surface area contributed by atoms with Crippen LogP contribution in [0.2, 0.25) is 0 Å². The third-order valence-corrected chi connectivity index (χ3v) is 6.68. The van der Waals surface area contributed by atoms with Crippen molar-refractivity contribution < 1.29 is 14.6 Å². The number of pyridine rings is 1. The molecule has 8 heteroatoms. The number of nitrogens with zero attached hydrogens (tertiary/aromatic N) is 2. The highest BCUT2D eigenvalue weighted by molar-refractivity contribution is 7.23. The number of aromatic amines is 1. The number of halogens is 1. The maximum absolute atomic E-state index is 13.9. The second kappa shape index (κ2) is 6.51. The smallest absolute Gasteiger partial charge is 0.256 e. The molecule has 0 bridgehead atoms. The molecule has 144 valence electrons. The van der Waals surface area contributed by atoms with Gasteiger partial charge in [-0.05, 0) is 30.7 Å². The number of hydrogen-bond acceptors (Lipinski definition) is 6. The summed E-state index contributed by atoms with van der Waals surface area (Å²) >= 11 is 1.48. The standard InChI is InChI=1S/C20H18FN3O3S/c21-11-1-2-12-14(7-11)16-13(3-5-22-19(16)27)18-17(12)23-20(28-18)24-6-4-15(26)10(8-24)9-25/h1-3,5,7,10,15,25-26H,4,6,8-9H2,(H,22,27)/t10-,15-/m0/s1. The number of aliphatic hydroxyl groups excluding tert-OH is 2. The number of nitrogens with one attached hydrogen (secondary N) is 1. The minimum absolute atomic E-state index is 0.0803. The number of H-pyrrole nitrogens is 1. The predicted octanol–water partition coefficient (Wildman–Crippen LogP) is 2.61. The number of fused-ring (bicyclic) bond motifs is 6. The molecule has 0 saturated carbocycles. The van der Waals surface area contributed by atoms with E-state index in [-0.39, 0.29) is 18.1 Å². The van der Waals surface area contributed by atoms with E-state index < -0.39 is 11.9 Å². The van der Waals surface area contributed by atoms with E-state index in [1.54, 1.807) is 12.3 Å². The van der Waals surface area contributed by atoms with Crippen molar-refractivity contribution in [2.45, 2.75) is 12.5 Å². The second-order valence-electron chi connectivity index (χ2n) is 7.20. The number of benzene rings is 2. The van der Waals surface area contributed by atoms with E-state index in [0.29, 0.717) is 30.3 Å². The SMILES string of the molecule is O=c1[nH]ccc2c3sc(N4CC[C@H](O)[C@H](CO)C4)nc3c3ccc(F)cc3c12. The Kier molecular flexibility index (Phi) is 4.08. The molecule has 5 rings (SSSR count). The van der Waals surface area contributed by atoms with Crippen LogP contribution in [-0.4, -0.2) is 46.0 Å². The van der Waals surface area contributed by atoms with E-state index in [9.17, 15) is 19.4 Å². The zero-order valence-corrected chi connectivity index (χ0v) is 15.7. The molecule has 1 fully saturated rings. The summed E-state index contributed by atoms with van der Waals surface area (Å²) in [7, 11) is 0. The fourth-order valence-electron chi connectivity index (χ4n) is 4.05. The van der Waals surface area contributed by atoms with Gasteiger partial charge in [0.15, 0.2) is 5.13 Å². The van der Waals surface area contributed by atoms with Crippen LogP contribution >= 0.6 is 11.3 Å². The Balaban J connectivity index is 1.78. The lowest BCUT2D eigenvalue weighted by Gasteiger charge is -2.35. The number of hydrogen-bond donors (Lipinski definition) is 3. The Bertz CT molecular complexity index is 1270. The Labute approximate surface area is 162 Å². The van der Waals surface area contributed by atoms with E-state index in [1.165, 1.54) is 23.5 Å². The van der Waals surface area contributed by atoms with Crippen LogP contribution in [0.4, 0.5) is 9.52 Å². The first-order valence-corrected chi connectivity index (χ1v) is 9.95. The van der Waals surface area contributed by atoms with Crippen LogP contribution in [0.25, 0.3) is 31.8 Å². The zero-order valence-electron chi connectivity index (χ0n) is 14.9. The van der Waals surface area contributed by atoms with Crippen molar-refractivity contribution in [2.75, 3.05) is 24.6 Å².